The maximum absolute atomic E-state index is 11.4. The molecule has 5 heteroatoms. The van der Waals surface area contributed by atoms with Crippen LogP contribution >= 0.6 is 0 Å². The summed E-state index contributed by atoms with van der Waals surface area (Å²) in [4.78, 5) is 11.4. The average Bonchev–Trinajstić information content (AvgIpc) is 2.61. The second-order valence-electron chi connectivity index (χ2n) is 3.43. The molecule has 0 saturated carbocycles. The first-order valence-corrected chi connectivity index (χ1v) is 5.06. The molecule has 1 aromatic rings. The third-order valence-corrected chi connectivity index (χ3v) is 2.01. The van der Waals surface area contributed by atoms with E-state index in [1.54, 1.807) is 0 Å². The van der Waals surface area contributed by atoms with Crippen LogP contribution in [0.3, 0.4) is 0 Å². The van der Waals surface area contributed by atoms with Gasteiger partial charge in [0.1, 0.15) is 5.76 Å². The lowest BCUT2D eigenvalue weighted by molar-refractivity contribution is -0.122. The Bertz CT molecular complexity index is 322. The summed E-state index contributed by atoms with van der Waals surface area (Å²) in [5.41, 5.74) is 0.809. The summed E-state index contributed by atoms with van der Waals surface area (Å²) in [6, 6.07) is 1.62. The number of hydrogen-bond acceptors (Lipinski definition) is 4. The molecular weight excluding hydrogens is 194 g/mol. The van der Waals surface area contributed by atoms with E-state index in [4.69, 9.17) is 4.52 Å². The van der Waals surface area contributed by atoms with Crippen LogP contribution in [0, 0.1) is 6.92 Å². The van der Waals surface area contributed by atoms with Gasteiger partial charge in [0.2, 0.25) is 5.91 Å². The molecule has 84 valence electrons. The molecule has 1 aromatic heterocycles. The molecule has 0 fully saturated rings. The second kappa shape index (κ2) is 5.50. The molecule has 0 spiro atoms. The molecule has 1 unspecified atom stereocenters. The Labute approximate surface area is 89.2 Å². The van der Waals surface area contributed by atoms with Gasteiger partial charge in [-0.2, -0.15) is 0 Å². The summed E-state index contributed by atoms with van der Waals surface area (Å²) in [7, 11) is 0. The predicted molar refractivity (Wildman–Crippen MR) is 56.2 cm³/mol. The van der Waals surface area contributed by atoms with Crippen LogP contribution in [0.15, 0.2) is 10.6 Å². The number of carbonyl (C=O) groups excluding carboxylic acids is 1. The van der Waals surface area contributed by atoms with Crippen LogP contribution in [0.5, 0.6) is 0 Å². The molecule has 15 heavy (non-hydrogen) atoms. The minimum Gasteiger partial charge on any atom is -0.361 e. The highest BCUT2D eigenvalue weighted by molar-refractivity contribution is 5.81. The molecule has 1 rings (SSSR count). The summed E-state index contributed by atoms with van der Waals surface area (Å²) in [6.07, 6.45) is 0. The van der Waals surface area contributed by atoms with E-state index in [0.29, 0.717) is 13.1 Å². The van der Waals surface area contributed by atoms with E-state index in [0.717, 1.165) is 11.5 Å². The molecule has 1 atom stereocenters. The first kappa shape index (κ1) is 11.7. The van der Waals surface area contributed by atoms with Crippen molar-refractivity contribution in [3.8, 4) is 0 Å². The van der Waals surface area contributed by atoms with Gasteiger partial charge in [-0.1, -0.05) is 5.16 Å². The molecular formula is C10H17N3O2. The molecule has 0 radical (unpaired) electrons. The average molecular weight is 211 g/mol. The molecule has 5 nitrogen and oxygen atoms in total. The van der Waals surface area contributed by atoms with Gasteiger partial charge in [-0.15, -0.1) is 0 Å². The number of nitrogens with zero attached hydrogens (tertiary/aromatic N) is 1. The number of amides is 1. The number of carbonyl (C=O) groups is 1. The van der Waals surface area contributed by atoms with E-state index >= 15 is 0 Å². The largest absolute Gasteiger partial charge is 0.361 e. The van der Waals surface area contributed by atoms with E-state index < -0.39 is 0 Å². The van der Waals surface area contributed by atoms with Gasteiger partial charge in [0.05, 0.1) is 11.7 Å². The fourth-order valence-corrected chi connectivity index (χ4v) is 1.18. The van der Waals surface area contributed by atoms with E-state index in [-0.39, 0.29) is 11.9 Å². The Morgan fingerprint density at radius 3 is 2.93 bits per heavy atom. The molecule has 1 amide bonds. The van der Waals surface area contributed by atoms with Crippen LogP contribution in [0.4, 0.5) is 0 Å². The van der Waals surface area contributed by atoms with E-state index in [2.05, 4.69) is 15.8 Å². The highest BCUT2D eigenvalue weighted by Crippen LogP contribution is 2.00. The van der Waals surface area contributed by atoms with Crippen LogP contribution in [0.2, 0.25) is 0 Å². The smallest absolute Gasteiger partial charge is 0.236 e. The monoisotopic (exact) mass is 211 g/mol. The van der Waals surface area contributed by atoms with Gasteiger partial charge in [0.25, 0.3) is 0 Å². The molecule has 0 aliphatic heterocycles. The van der Waals surface area contributed by atoms with Crippen LogP contribution in [-0.4, -0.2) is 23.7 Å². The molecule has 1 heterocycles. The predicted octanol–water partition coefficient (Wildman–Crippen LogP) is 0.597. The fraction of sp³-hybridized carbons (Fsp3) is 0.600. The minimum atomic E-state index is -0.220. The summed E-state index contributed by atoms with van der Waals surface area (Å²) in [6.45, 7) is 6.73. The van der Waals surface area contributed by atoms with Crippen LogP contribution in [0.1, 0.15) is 25.3 Å². The van der Waals surface area contributed by atoms with Gasteiger partial charge < -0.3 is 15.2 Å². The zero-order chi connectivity index (χ0) is 11.3. The molecule has 0 saturated heterocycles. The van der Waals surface area contributed by atoms with E-state index in [9.17, 15) is 4.79 Å². The topological polar surface area (TPSA) is 67.2 Å². The van der Waals surface area contributed by atoms with Crippen molar-refractivity contribution in [3.05, 3.63) is 17.5 Å². The van der Waals surface area contributed by atoms with Crippen molar-refractivity contribution in [2.45, 2.75) is 33.4 Å². The van der Waals surface area contributed by atoms with Crippen LogP contribution < -0.4 is 10.6 Å². The quantitative estimate of drug-likeness (QED) is 0.748. The van der Waals surface area contributed by atoms with Gasteiger partial charge in [-0.25, -0.2) is 0 Å². The zero-order valence-corrected chi connectivity index (χ0v) is 9.33. The second-order valence-corrected chi connectivity index (χ2v) is 3.43. The number of hydrogen-bond donors (Lipinski definition) is 2. The van der Waals surface area contributed by atoms with Gasteiger partial charge in [-0.05, 0) is 20.8 Å². The molecule has 0 aromatic carbocycles. The molecule has 0 aliphatic carbocycles. The molecule has 0 bridgehead atoms. The third kappa shape index (κ3) is 3.71. The lowest BCUT2D eigenvalue weighted by Crippen LogP contribution is -2.41. The van der Waals surface area contributed by atoms with Gasteiger partial charge >= 0.3 is 0 Å². The van der Waals surface area contributed by atoms with Crippen molar-refractivity contribution < 1.29 is 9.32 Å². The first-order valence-electron chi connectivity index (χ1n) is 5.06. The Balaban J connectivity index is 2.33. The highest BCUT2D eigenvalue weighted by atomic mass is 16.5. The maximum atomic E-state index is 11.4. The Morgan fingerprint density at radius 2 is 2.40 bits per heavy atom. The van der Waals surface area contributed by atoms with Crippen molar-refractivity contribution >= 4 is 5.91 Å². The van der Waals surface area contributed by atoms with Crippen molar-refractivity contribution in [1.82, 2.24) is 15.8 Å². The molecule has 2 N–H and O–H groups in total. The van der Waals surface area contributed by atoms with Gasteiger partial charge in [0.15, 0.2) is 0 Å². The van der Waals surface area contributed by atoms with Gasteiger partial charge in [-0.3, -0.25) is 4.79 Å². The van der Waals surface area contributed by atoms with Crippen molar-refractivity contribution in [2.75, 3.05) is 6.54 Å². The summed E-state index contributed by atoms with van der Waals surface area (Å²) in [5, 5.41) is 9.63. The number of likely N-dealkylation sites (N-methyl/N-ethyl adjacent to an activating group) is 1. The van der Waals surface area contributed by atoms with Crippen molar-refractivity contribution in [2.24, 2.45) is 0 Å². The minimum absolute atomic E-state index is 0.00211. The Kier molecular flexibility index (Phi) is 4.30. The van der Waals surface area contributed by atoms with Crippen LogP contribution in [-0.2, 0) is 11.3 Å². The summed E-state index contributed by atoms with van der Waals surface area (Å²) in [5.74, 6) is 0.773. The van der Waals surface area contributed by atoms with Crippen LogP contribution in [0.25, 0.3) is 0 Å². The first-order chi connectivity index (χ1) is 7.13. The standard InChI is InChI=1S/C10H17N3O2/c1-4-11-10(14)8(3)12-6-9-5-7(2)15-13-9/h5,8,12H,4,6H2,1-3H3,(H,11,14). The lowest BCUT2D eigenvalue weighted by atomic mass is 10.3. The number of rotatable bonds is 5. The maximum Gasteiger partial charge on any atom is 0.236 e. The van der Waals surface area contributed by atoms with Crippen molar-refractivity contribution in [3.63, 3.8) is 0 Å². The Morgan fingerprint density at radius 1 is 1.67 bits per heavy atom. The summed E-state index contributed by atoms with van der Waals surface area (Å²) < 4.78 is 4.91. The highest BCUT2D eigenvalue weighted by Gasteiger charge is 2.11. The third-order valence-electron chi connectivity index (χ3n) is 2.01. The lowest BCUT2D eigenvalue weighted by Gasteiger charge is -2.11. The van der Waals surface area contributed by atoms with Gasteiger partial charge in [0, 0.05) is 19.2 Å². The summed E-state index contributed by atoms with van der Waals surface area (Å²) >= 11 is 0. The molecule has 0 aliphatic rings. The number of aromatic nitrogens is 1. The number of aryl methyl sites for hydroxylation is 1. The van der Waals surface area contributed by atoms with Crippen molar-refractivity contribution in [1.29, 1.82) is 0 Å². The Hall–Kier alpha value is -1.36. The number of nitrogens with one attached hydrogen (secondary N) is 2. The van der Waals surface area contributed by atoms with E-state index in [1.807, 2.05) is 26.8 Å². The fourth-order valence-electron chi connectivity index (χ4n) is 1.18. The SMILES string of the molecule is CCNC(=O)C(C)NCc1cc(C)on1. The zero-order valence-electron chi connectivity index (χ0n) is 9.33. The van der Waals surface area contributed by atoms with E-state index in [1.165, 1.54) is 0 Å². The normalized spacial score (nSPS) is 12.5.